The van der Waals surface area contributed by atoms with E-state index < -0.39 is 17.5 Å². The third-order valence-electron chi connectivity index (χ3n) is 8.74. The Morgan fingerprint density at radius 3 is 1.52 bits per heavy atom. The molecule has 2 saturated carbocycles. The zero-order valence-corrected chi connectivity index (χ0v) is 21.0. The van der Waals surface area contributed by atoms with Crippen LogP contribution in [0.3, 0.4) is 0 Å². The van der Waals surface area contributed by atoms with Crippen LogP contribution in [0.15, 0.2) is 12.1 Å². The van der Waals surface area contributed by atoms with Crippen LogP contribution in [-0.2, 0) is 0 Å². The molecule has 0 amide bonds. The lowest BCUT2D eigenvalue weighted by Gasteiger charge is -2.32. The number of rotatable bonds is 13. The van der Waals surface area contributed by atoms with Crippen LogP contribution >= 0.6 is 0 Å². The van der Waals surface area contributed by atoms with Crippen molar-refractivity contribution in [2.24, 2.45) is 17.8 Å². The maximum absolute atomic E-state index is 13.6. The van der Waals surface area contributed by atoms with Crippen LogP contribution in [0.2, 0.25) is 0 Å². The quantitative estimate of drug-likeness (QED) is 0.201. The van der Waals surface area contributed by atoms with Gasteiger partial charge in [-0.1, -0.05) is 103 Å². The summed E-state index contributed by atoms with van der Waals surface area (Å²) in [7, 11) is 0. The number of hydrogen-bond acceptors (Lipinski definition) is 0. The fraction of sp³-hybridized carbons (Fsp3) is 0.800. The van der Waals surface area contributed by atoms with Crippen LogP contribution in [0, 0.1) is 35.2 Å². The van der Waals surface area contributed by atoms with Crippen LogP contribution in [0.5, 0.6) is 0 Å². The monoisotopic (exact) mass is 464 g/mol. The summed E-state index contributed by atoms with van der Waals surface area (Å²) < 4.78 is 40.4. The molecule has 0 spiro atoms. The van der Waals surface area contributed by atoms with Crippen LogP contribution < -0.4 is 0 Å². The van der Waals surface area contributed by atoms with Crippen molar-refractivity contribution in [3.8, 4) is 0 Å². The van der Waals surface area contributed by atoms with E-state index in [1.54, 1.807) is 0 Å². The Morgan fingerprint density at radius 2 is 1.00 bits per heavy atom. The zero-order chi connectivity index (χ0) is 23.5. The summed E-state index contributed by atoms with van der Waals surface area (Å²) >= 11 is 0. The molecular weight excluding hydrogens is 417 g/mol. The Hall–Kier alpha value is -0.990. The van der Waals surface area contributed by atoms with Gasteiger partial charge in [0.1, 0.15) is 0 Å². The van der Waals surface area contributed by atoms with Crippen LogP contribution in [0.1, 0.15) is 140 Å². The normalized spacial score (nSPS) is 25.9. The van der Waals surface area contributed by atoms with E-state index >= 15 is 0 Å². The standard InChI is InChI=1S/C30H47F3/c1-2-3-4-5-6-7-8-9-10-23-11-13-24(14-12-23)15-16-25-17-19-26(20-18-25)27-21-28(31)30(33)29(32)22-27/h21-26H,2-20H2,1H3/t23-,24-,25-,26-. The summed E-state index contributed by atoms with van der Waals surface area (Å²) in [6.45, 7) is 2.28. The number of hydrogen-bond donors (Lipinski definition) is 0. The average Bonchev–Trinajstić information content (AvgIpc) is 2.83. The molecule has 1 aromatic rings. The molecule has 0 nitrogen and oxygen atoms in total. The second-order valence-electron chi connectivity index (χ2n) is 11.2. The highest BCUT2D eigenvalue weighted by Gasteiger charge is 2.26. The highest BCUT2D eigenvalue weighted by atomic mass is 19.2. The van der Waals surface area contributed by atoms with Gasteiger partial charge in [0, 0.05) is 0 Å². The third-order valence-corrected chi connectivity index (χ3v) is 8.74. The van der Waals surface area contributed by atoms with E-state index in [1.165, 1.54) is 108 Å². The van der Waals surface area contributed by atoms with Crippen molar-refractivity contribution in [3.05, 3.63) is 35.1 Å². The van der Waals surface area contributed by atoms with Crippen LogP contribution in [0.25, 0.3) is 0 Å². The van der Waals surface area contributed by atoms with Gasteiger partial charge in [0.15, 0.2) is 17.5 Å². The summed E-state index contributed by atoms with van der Waals surface area (Å²) in [5.74, 6) is -0.620. The average molecular weight is 465 g/mol. The Labute approximate surface area is 201 Å². The van der Waals surface area contributed by atoms with Crippen molar-refractivity contribution >= 4 is 0 Å². The molecule has 2 aliphatic rings. The zero-order valence-electron chi connectivity index (χ0n) is 21.0. The molecular formula is C30H47F3. The van der Waals surface area contributed by atoms with E-state index in [0.717, 1.165) is 43.4 Å². The Bertz CT molecular complexity index is 646. The predicted octanol–water partition coefficient (Wildman–Crippen LogP) is 10.5. The first-order chi connectivity index (χ1) is 16.1. The van der Waals surface area contributed by atoms with Gasteiger partial charge in [-0.3, -0.25) is 0 Å². The first-order valence-electron chi connectivity index (χ1n) is 14.2. The van der Waals surface area contributed by atoms with E-state index in [-0.39, 0.29) is 5.92 Å². The van der Waals surface area contributed by atoms with Gasteiger partial charge in [-0.15, -0.1) is 0 Å². The molecule has 3 rings (SSSR count). The van der Waals surface area contributed by atoms with Gasteiger partial charge in [0.25, 0.3) is 0 Å². The minimum absolute atomic E-state index is 0.178. The molecule has 2 aliphatic carbocycles. The summed E-state index contributed by atoms with van der Waals surface area (Å²) in [6, 6.07) is 2.41. The lowest BCUT2D eigenvalue weighted by Crippen LogP contribution is -2.18. The minimum Gasteiger partial charge on any atom is -0.204 e. The van der Waals surface area contributed by atoms with E-state index in [0.29, 0.717) is 5.56 Å². The Kier molecular flexibility index (Phi) is 11.6. The summed E-state index contributed by atoms with van der Waals surface area (Å²) in [4.78, 5) is 0. The fourth-order valence-electron chi connectivity index (χ4n) is 6.44. The first-order valence-corrected chi connectivity index (χ1v) is 14.2. The summed E-state index contributed by atoms with van der Waals surface area (Å²) in [6.07, 6.45) is 25.4. The molecule has 0 bridgehead atoms. The second kappa shape index (κ2) is 14.4. The molecule has 0 radical (unpaired) electrons. The molecule has 33 heavy (non-hydrogen) atoms. The molecule has 2 fully saturated rings. The highest BCUT2D eigenvalue weighted by Crippen LogP contribution is 2.40. The molecule has 188 valence electrons. The van der Waals surface area contributed by atoms with Crippen LogP contribution in [-0.4, -0.2) is 0 Å². The molecule has 0 aromatic heterocycles. The van der Waals surface area contributed by atoms with Gasteiger partial charge >= 0.3 is 0 Å². The molecule has 0 N–H and O–H groups in total. The Balaban J connectivity index is 1.23. The lowest BCUT2D eigenvalue weighted by molar-refractivity contribution is 0.222. The van der Waals surface area contributed by atoms with Gasteiger partial charge in [0.2, 0.25) is 0 Å². The van der Waals surface area contributed by atoms with Crippen molar-refractivity contribution in [3.63, 3.8) is 0 Å². The lowest BCUT2D eigenvalue weighted by atomic mass is 9.74. The van der Waals surface area contributed by atoms with Crippen molar-refractivity contribution in [2.75, 3.05) is 0 Å². The Morgan fingerprint density at radius 1 is 0.576 bits per heavy atom. The second-order valence-corrected chi connectivity index (χ2v) is 11.2. The molecule has 0 unspecified atom stereocenters. The van der Waals surface area contributed by atoms with Gasteiger partial charge in [-0.05, 0) is 67.1 Å². The topological polar surface area (TPSA) is 0 Å². The molecule has 0 atom stereocenters. The van der Waals surface area contributed by atoms with Gasteiger partial charge in [-0.25, -0.2) is 13.2 Å². The first kappa shape index (κ1) is 26.6. The smallest absolute Gasteiger partial charge is 0.194 e. The molecule has 0 heterocycles. The molecule has 0 saturated heterocycles. The summed E-state index contributed by atoms with van der Waals surface area (Å²) in [5, 5.41) is 0. The molecule has 1 aromatic carbocycles. The maximum atomic E-state index is 13.6. The SMILES string of the molecule is CCCCCCCCCC[C@H]1CC[C@H](CC[C@H]2CC[C@H](c3cc(F)c(F)c(F)c3)CC2)CC1. The van der Waals surface area contributed by atoms with E-state index in [4.69, 9.17) is 0 Å². The highest BCUT2D eigenvalue weighted by molar-refractivity contribution is 5.23. The molecule has 0 aliphatic heterocycles. The summed E-state index contributed by atoms with van der Waals surface area (Å²) in [5.41, 5.74) is 0.639. The van der Waals surface area contributed by atoms with Crippen molar-refractivity contribution in [2.45, 2.75) is 135 Å². The van der Waals surface area contributed by atoms with Crippen molar-refractivity contribution < 1.29 is 13.2 Å². The van der Waals surface area contributed by atoms with Crippen LogP contribution in [0.4, 0.5) is 13.2 Å². The van der Waals surface area contributed by atoms with Crippen molar-refractivity contribution in [1.29, 1.82) is 0 Å². The van der Waals surface area contributed by atoms with Gasteiger partial charge < -0.3 is 0 Å². The van der Waals surface area contributed by atoms with E-state index in [2.05, 4.69) is 6.92 Å². The van der Waals surface area contributed by atoms with Crippen molar-refractivity contribution in [1.82, 2.24) is 0 Å². The maximum Gasteiger partial charge on any atom is 0.194 e. The number of unbranched alkanes of at least 4 members (excludes halogenated alkanes) is 7. The van der Waals surface area contributed by atoms with E-state index in [9.17, 15) is 13.2 Å². The van der Waals surface area contributed by atoms with Gasteiger partial charge in [0.05, 0.1) is 0 Å². The largest absolute Gasteiger partial charge is 0.204 e. The number of halogens is 3. The van der Waals surface area contributed by atoms with Gasteiger partial charge in [-0.2, -0.15) is 0 Å². The number of benzene rings is 1. The predicted molar refractivity (Wildman–Crippen MR) is 133 cm³/mol. The molecule has 3 heteroatoms. The third kappa shape index (κ3) is 8.95. The van der Waals surface area contributed by atoms with E-state index in [1.807, 2.05) is 0 Å². The minimum atomic E-state index is -1.35. The fourth-order valence-corrected chi connectivity index (χ4v) is 6.44.